The van der Waals surface area contributed by atoms with Crippen LogP contribution in [0.2, 0.25) is 0 Å². The molecule has 0 atom stereocenters. The average molecular weight is 345 g/mol. The molecule has 0 aromatic rings. The van der Waals surface area contributed by atoms with Gasteiger partial charge in [-0.2, -0.15) is 0 Å². The summed E-state index contributed by atoms with van der Waals surface area (Å²) in [6, 6.07) is 0. The van der Waals surface area contributed by atoms with Gasteiger partial charge in [0.1, 0.15) is 5.60 Å². The van der Waals surface area contributed by atoms with Crippen LogP contribution in [0.3, 0.4) is 0 Å². The molecule has 0 unspecified atom stereocenters. The zero-order valence-electron chi connectivity index (χ0n) is 15.0. The standard InChI is InChI=1S/C17H31NO6/c1-17(2,3)24-16(23)18(12-8-4-6-10-14(19)20)13-9-5-7-11-15(21)22/h4-13H2,1-3H3,(H,19,20)(H,21,22). The number of carboxylic acid groups (broad SMARTS) is 2. The van der Waals surface area contributed by atoms with Crippen LogP contribution >= 0.6 is 0 Å². The van der Waals surface area contributed by atoms with Crippen molar-refractivity contribution in [2.24, 2.45) is 0 Å². The maximum atomic E-state index is 12.2. The summed E-state index contributed by atoms with van der Waals surface area (Å²) in [7, 11) is 0. The van der Waals surface area contributed by atoms with Crippen LogP contribution in [0.4, 0.5) is 4.79 Å². The first-order chi connectivity index (χ1) is 11.1. The van der Waals surface area contributed by atoms with Crippen molar-refractivity contribution in [3.8, 4) is 0 Å². The molecule has 7 nitrogen and oxygen atoms in total. The van der Waals surface area contributed by atoms with E-state index in [1.165, 1.54) is 0 Å². The monoisotopic (exact) mass is 345 g/mol. The van der Waals surface area contributed by atoms with Crippen LogP contribution in [-0.2, 0) is 14.3 Å². The molecule has 0 heterocycles. The Hall–Kier alpha value is -1.79. The summed E-state index contributed by atoms with van der Waals surface area (Å²) in [5.74, 6) is -1.62. The van der Waals surface area contributed by atoms with Gasteiger partial charge in [0.2, 0.25) is 0 Å². The third-order valence-corrected chi connectivity index (χ3v) is 3.29. The molecule has 24 heavy (non-hydrogen) atoms. The highest BCUT2D eigenvalue weighted by molar-refractivity contribution is 5.68. The lowest BCUT2D eigenvalue weighted by Crippen LogP contribution is -2.38. The number of hydrogen-bond acceptors (Lipinski definition) is 4. The number of carbonyl (C=O) groups excluding carboxylic acids is 1. The van der Waals surface area contributed by atoms with Gasteiger partial charge in [0, 0.05) is 25.9 Å². The Morgan fingerprint density at radius 2 is 1.21 bits per heavy atom. The van der Waals surface area contributed by atoms with Crippen molar-refractivity contribution in [2.75, 3.05) is 13.1 Å². The van der Waals surface area contributed by atoms with Crippen molar-refractivity contribution in [1.82, 2.24) is 4.90 Å². The fourth-order valence-corrected chi connectivity index (χ4v) is 2.13. The Morgan fingerprint density at radius 1 is 0.792 bits per heavy atom. The molecule has 7 heteroatoms. The smallest absolute Gasteiger partial charge is 0.410 e. The number of rotatable bonds is 12. The van der Waals surface area contributed by atoms with Crippen LogP contribution in [0, 0.1) is 0 Å². The third kappa shape index (κ3) is 13.8. The van der Waals surface area contributed by atoms with Crippen molar-refractivity contribution in [3.05, 3.63) is 0 Å². The molecular formula is C17H31NO6. The number of nitrogens with zero attached hydrogens (tertiary/aromatic N) is 1. The van der Waals surface area contributed by atoms with Crippen molar-refractivity contribution >= 4 is 18.0 Å². The number of unbranched alkanes of at least 4 members (excludes halogenated alkanes) is 4. The molecule has 2 N–H and O–H groups in total. The normalized spacial score (nSPS) is 11.1. The predicted octanol–water partition coefficient (Wildman–Crippen LogP) is 3.51. The quantitative estimate of drug-likeness (QED) is 0.524. The van der Waals surface area contributed by atoms with Gasteiger partial charge in [-0.05, 0) is 46.5 Å². The van der Waals surface area contributed by atoms with Gasteiger partial charge >= 0.3 is 18.0 Å². The number of amides is 1. The maximum Gasteiger partial charge on any atom is 0.410 e. The third-order valence-electron chi connectivity index (χ3n) is 3.29. The summed E-state index contributed by atoms with van der Waals surface area (Å²) in [5, 5.41) is 17.2. The van der Waals surface area contributed by atoms with Gasteiger partial charge in [0.15, 0.2) is 0 Å². The Bertz CT molecular complexity index is 378. The zero-order chi connectivity index (χ0) is 18.6. The van der Waals surface area contributed by atoms with Crippen LogP contribution in [0.25, 0.3) is 0 Å². The molecule has 0 aromatic carbocycles. The van der Waals surface area contributed by atoms with E-state index in [1.54, 1.807) is 4.90 Å². The summed E-state index contributed by atoms with van der Waals surface area (Å²) in [5.41, 5.74) is -0.568. The number of aliphatic carboxylic acids is 2. The largest absolute Gasteiger partial charge is 0.481 e. The highest BCUT2D eigenvalue weighted by atomic mass is 16.6. The van der Waals surface area contributed by atoms with Crippen molar-refractivity contribution in [2.45, 2.75) is 77.7 Å². The molecule has 140 valence electrons. The van der Waals surface area contributed by atoms with Crippen LogP contribution in [0.1, 0.15) is 72.1 Å². The van der Waals surface area contributed by atoms with Gasteiger partial charge < -0.3 is 19.8 Å². The molecule has 0 rings (SSSR count). The predicted molar refractivity (Wildman–Crippen MR) is 90.0 cm³/mol. The van der Waals surface area contributed by atoms with Crippen LogP contribution in [0.5, 0.6) is 0 Å². The van der Waals surface area contributed by atoms with E-state index in [0.29, 0.717) is 25.9 Å². The second-order valence-corrected chi connectivity index (χ2v) is 6.88. The lowest BCUT2D eigenvalue weighted by Gasteiger charge is -2.27. The van der Waals surface area contributed by atoms with Gasteiger partial charge in [-0.15, -0.1) is 0 Å². The van der Waals surface area contributed by atoms with Crippen molar-refractivity contribution in [3.63, 3.8) is 0 Å². The summed E-state index contributed by atoms with van der Waals surface area (Å²) in [6.45, 7) is 6.47. The zero-order valence-corrected chi connectivity index (χ0v) is 15.0. The van der Waals surface area contributed by atoms with Gasteiger partial charge in [0.25, 0.3) is 0 Å². The Kier molecular flexibility index (Phi) is 10.8. The summed E-state index contributed by atoms with van der Waals surface area (Å²) in [4.78, 5) is 34.8. The fourth-order valence-electron chi connectivity index (χ4n) is 2.13. The fraction of sp³-hybridized carbons (Fsp3) is 0.824. The van der Waals surface area contributed by atoms with Gasteiger partial charge in [0.05, 0.1) is 0 Å². The Balaban J connectivity index is 4.25. The molecule has 0 bridgehead atoms. The minimum atomic E-state index is -0.808. The summed E-state index contributed by atoms with van der Waals surface area (Å²) in [6.07, 6.45) is 4.02. The molecule has 0 aliphatic carbocycles. The number of ether oxygens (including phenoxy) is 1. The summed E-state index contributed by atoms with van der Waals surface area (Å²) >= 11 is 0. The molecule has 0 saturated heterocycles. The summed E-state index contributed by atoms with van der Waals surface area (Å²) < 4.78 is 5.39. The Labute approximate surface area is 144 Å². The van der Waals surface area contributed by atoms with E-state index in [1.807, 2.05) is 20.8 Å². The van der Waals surface area contributed by atoms with Gasteiger partial charge in [-0.3, -0.25) is 9.59 Å². The molecule has 0 saturated carbocycles. The second-order valence-electron chi connectivity index (χ2n) is 6.88. The minimum absolute atomic E-state index is 0.141. The molecule has 0 spiro atoms. The molecule has 0 aliphatic rings. The van der Waals surface area contributed by atoms with E-state index in [9.17, 15) is 14.4 Å². The van der Waals surface area contributed by atoms with Crippen LogP contribution in [0.15, 0.2) is 0 Å². The second kappa shape index (κ2) is 11.7. The molecule has 0 aromatic heterocycles. The molecule has 1 amide bonds. The van der Waals surface area contributed by atoms with E-state index < -0.39 is 17.5 Å². The number of carboxylic acids is 2. The van der Waals surface area contributed by atoms with Gasteiger partial charge in [-0.25, -0.2) is 4.79 Å². The number of hydrogen-bond donors (Lipinski definition) is 2. The van der Waals surface area contributed by atoms with Crippen molar-refractivity contribution < 1.29 is 29.3 Å². The average Bonchev–Trinajstić information content (AvgIpc) is 2.41. The van der Waals surface area contributed by atoms with E-state index in [0.717, 1.165) is 25.7 Å². The van der Waals surface area contributed by atoms with Crippen LogP contribution < -0.4 is 0 Å². The first-order valence-corrected chi connectivity index (χ1v) is 8.53. The molecule has 0 radical (unpaired) electrons. The highest BCUT2D eigenvalue weighted by Crippen LogP contribution is 2.12. The first kappa shape index (κ1) is 22.2. The maximum absolute atomic E-state index is 12.2. The number of carbonyl (C=O) groups is 3. The molecule has 0 aliphatic heterocycles. The van der Waals surface area contributed by atoms with Crippen LogP contribution in [-0.4, -0.2) is 51.8 Å². The van der Waals surface area contributed by atoms with Gasteiger partial charge in [-0.1, -0.05) is 12.8 Å². The van der Waals surface area contributed by atoms with Crippen molar-refractivity contribution in [1.29, 1.82) is 0 Å². The molecule has 0 fully saturated rings. The van der Waals surface area contributed by atoms with E-state index in [2.05, 4.69) is 0 Å². The SMILES string of the molecule is CC(C)(C)OC(=O)N(CCCCCC(=O)O)CCCCCC(=O)O. The topological polar surface area (TPSA) is 104 Å². The highest BCUT2D eigenvalue weighted by Gasteiger charge is 2.21. The lowest BCUT2D eigenvalue weighted by atomic mass is 10.1. The minimum Gasteiger partial charge on any atom is -0.481 e. The van der Waals surface area contributed by atoms with E-state index in [-0.39, 0.29) is 18.9 Å². The Morgan fingerprint density at radius 3 is 1.54 bits per heavy atom. The van der Waals surface area contributed by atoms with E-state index in [4.69, 9.17) is 14.9 Å². The molecular weight excluding hydrogens is 314 g/mol. The van der Waals surface area contributed by atoms with E-state index >= 15 is 0 Å². The lowest BCUT2D eigenvalue weighted by molar-refractivity contribution is -0.138. The first-order valence-electron chi connectivity index (χ1n) is 8.53.